The van der Waals surface area contributed by atoms with Crippen molar-refractivity contribution in [3.63, 3.8) is 0 Å². The highest BCUT2D eigenvalue weighted by atomic mass is 16.5. The molecule has 1 amide bonds. The van der Waals surface area contributed by atoms with E-state index in [0.29, 0.717) is 22.9 Å². The van der Waals surface area contributed by atoms with Crippen LogP contribution in [0.5, 0.6) is 17.4 Å². The van der Waals surface area contributed by atoms with Crippen LogP contribution in [0.15, 0.2) is 66.9 Å². The summed E-state index contributed by atoms with van der Waals surface area (Å²) in [6, 6.07) is 16.8. The van der Waals surface area contributed by atoms with Gasteiger partial charge in [-0.3, -0.25) is 4.79 Å². The second-order valence-electron chi connectivity index (χ2n) is 8.16. The number of rotatable bonds is 8. The summed E-state index contributed by atoms with van der Waals surface area (Å²) in [6.45, 7) is 0. The van der Waals surface area contributed by atoms with E-state index in [1.165, 1.54) is 6.07 Å². The summed E-state index contributed by atoms with van der Waals surface area (Å²) in [4.78, 5) is 27.9. The summed E-state index contributed by atoms with van der Waals surface area (Å²) in [6.07, 6.45) is 4.68. The maximum Gasteiger partial charge on any atom is 0.337 e. The highest BCUT2D eigenvalue weighted by Gasteiger charge is 2.24. The summed E-state index contributed by atoms with van der Waals surface area (Å²) < 4.78 is 11.7. The number of aromatic carboxylic acids is 1. The Balaban J connectivity index is 1.30. The molecule has 2 atom stereocenters. The fraction of sp³-hybridized carbons (Fsp3) is 0.269. The third-order valence-electron chi connectivity index (χ3n) is 5.60. The Hall–Kier alpha value is -3.91. The largest absolute Gasteiger partial charge is 0.488 e. The Morgan fingerprint density at radius 1 is 0.971 bits per heavy atom. The minimum atomic E-state index is -1.11. The quantitative estimate of drug-likeness (QED) is 0.453. The normalized spacial score (nSPS) is 17.6. The molecule has 1 saturated carbocycles. The minimum absolute atomic E-state index is 0.0315. The Kier molecular flexibility index (Phi) is 7.39. The van der Waals surface area contributed by atoms with Crippen LogP contribution in [0.1, 0.15) is 41.6 Å². The lowest BCUT2D eigenvalue weighted by atomic mass is 9.95. The molecular weight excluding hydrogens is 436 g/mol. The van der Waals surface area contributed by atoms with E-state index in [9.17, 15) is 19.8 Å². The number of hydrogen-bond donors (Lipinski definition) is 3. The molecule has 176 valence electrons. The van der Waals surface area contributed by atoms with Crippen LogP contribution in [-0.2, 0) is 11.2 Å². The number of aliphatic hydroxyl groups excluding tert-OH is 1. The van der Waals surface area contributed by atoms with E-state index in [0.717, 1.165) is 25.7 Å². The van der Waals surface area contributed by atoms with Gasteiger partial charge in [0.25, 0.3) is 0 Å². The van der Waals surface area contributed by atoms with Crippen LogP contribution in [-0.4, -0.2) is 39.3 Å². The van der Waals surface area contributed by atoms with Crippen LogP contribution in [0.3, 0.4) is 0 Å². The highest BCUT2D eigenvalue weighted by Crippen LogP contribution is 2.27. The van der Waals surface area contributed by atoms with Crippen molar-refractivity contribution in [2.75, 3.05) is 5.32 Å². The predicted octanol–water partition coefficient (Wildman–Crippen LogP) is 4.44. The molecule has 1 aliphatic carbocycles. The molecule has 1 aliphatic rings. The number of carboxylic acid groups (broad SMARTS) is 1. The number of pyridine rings is 1. The van der Waals surface area contributed by atoms with Crippen LogP contribution in [0.4, 0.5) is 5.69 Å². The molecule has 0 saturated heterocycles. The lowest BCUT2D eigenvalue weighted by Crippen LogP contribution is -2.34. The van der Waals surface area contributed by atoms with Crippen LogP contribution < -0.4 is 14.8 Å². The van der Waals surface area contributed by atoms with Gasteiger partial charge in [-0.15, -0.1) is 0 Å². The molecular formula is C26H26N2O6. The fourth-order valence-electron chi connectivity index (χ4n) is 3.83. The summed E-state index contributed by atoms with van der Waals surface area (Å²) in [5.74, 6) is 0.182. The molecule has 1 heterocycles. The number of nitrogens with one attached hydrogen (secondary N) is 1. The number of benzene rings is 2. The van der Waals surface area contributed by atoms with Crippen LogP contribution >= 0.6 is 0 Å². The summed E-state index contributed by atoms with van der Waals surface area (Å²) in [5.41, 5.74) is 0.940. The average Bonchev–Trinajstić information content (AvgIpc) is 2.83. The van der Waals surface area contributed by atoms with Crippen molar-refractivity contribution in [1.82, 2.24) is 4.98 Å². The molecule has 1 aromatic heterocycles. The summed E-state index contributed by atoms with van der Waals surface area (Å²) in [7, 11) is 0. The maximum absolute atomic E-state index is 12.3. The second kappa shape index (κ2) is 10.8. The zero-order valence-electron chi connectivity index (χ0n) is 18.5. The Morgan fingerprint density at radius 3 is 2.41 bits per heavy atom. The van der Waals surface area contributed by atoms with Crippen molar-refractivity contribution in [3.05, 3.63) is 78.0 Å². The highest BCUT2D eigenvalue weighted by molar-refractivity contribution is 6.00. The monoisotopic (exact) mass is 462 g/mol. The van der Waals surface area contributed by atoms with Crippen molar-refractivity contribution in [1.29, 1.82) is 0 Å². The third-order valence-corrected chi connectivity index (χ3v) is 5.60. The second-order valence-corrected chi connectivity index (χ2v) is 8.16. The van der Waals surface area contributed by atoms with Crippen molar-refractivity contribution >= 4 is 17.6 Å². The predicted molar refractivity (Wildman–Crippen MR) is 125 cm³/mol. The van der Waals surface area contributed by atoms with Gasteiger partial charge in [-0.1, -0.05) is 24.6 Å². The van der Waals surface area contributed by atoms with Gasteiger partial charge in [0.15, 0.2) is 0 Å². The van der Waals surface area contributed by atoms with Gasteiger partial charge in [0, 0.05) is 12.3 Å². The van der Waals surface area contributed by atoms with Crippen molar-refractivity contribution in [2.45, 2.75) is 44.3 Å². The number of carbonyl (C=O) groups is 2. The average molecular weight is 463 g/mol. The number of para-hydroxylation sites is 1. The first kappa shape index (κ1) is 23.3. The van der Waals surface area contributed by atoms with Gasteiger partial charge in [0.05, 0.1) is 23.8 Å². The Bertz CT molecular complexity index is 1130. The molecule has 3 aromatic rings. The maximum atomic E-state index is 12.3. The van der Waals surface area contributed by atoms with E-state index >= 15 is 0 Å². The third kappa shape index (κ3) is 6.11. The molecule has 8 heteroatoms. The molecule has 1 fully saturated rings. The molecule has 4 rings (SSSR count). The topological polar surface area (TPSA) is 118 Å². The van der Waals surface area contributed by atoms with Crippen LogP contribution in [0.2, 0.25) is 0 Å². The van der Waals surface area contributed by atoms with Crippen LogP contribution in [0.25, 0.3) is 0 Å². The van der Waals surface area contributed by atoms with Crippen LogP contribution in [0, 0.1) is 0 Å². The minimum Gasteiger partial charge on any atom is -0.488 e. The van der Waals surface area contributed by atoms with E-state index in [-0.39, 0.29) is 29.7 Å². The molecule has 0 spiro atoms. The number of carbonyl (C=O) groups excluding carboxylic acids is 1. The van der Waals surface area contributed by atoms with Gasteiger partial charge in [-0.2, -0.15) is 0 Å². The summed E-state index contributed by atoms with van der Waals surface area (Å²) in [5, 5.41) is 21.9. The number of anilines is 1. The SMILES string of the molecule is O=C(Cc1ccc(Oc2ccc(OC3CCCC[C@H]3O)cc2)nc1)Nc1ccccc1C(=O)O. The molecule has 34 heavy (non-hydrogen) atoms. The van der Waals surface area contributed by atoms with Gasteiger partial charge in [0.1, 0.15) is 17.6 Å². The van der Waals surface area contributed by atoms with E-state index in [1.54, 1.807) is 60.8 Å². The molecule has 0 aliphatic heterocycles. The first-order valence-corrected chi connectivity index (χ1v) is 11.2. The summed E-state index contributed by atoms with van der Waals surface area (Å²) >= 11 is 0. The molecule has 8 nitrogen and oxygen atoms in total. The molecule has 1 unspecified atom stereocenters. The van der Waals surface area contributed by atoms with E-state index < -0.39 is 12.1 Å². The van der Waals surface area contributed by atoms with E-state index in [1.807, 2.05) is 0 Å². The van der Waals surface area contributed by atoms with E-state index in [4.69, 9.17) is 9.47 Å². The van der Waals surface area contributed by atoms with Crippen molar-refractivity contribution < 1.29 is 29.3 Å². The lowest BCUT2D eigenvalue weighted by Gasteiger charge is -2.28. The van der Waals surface area contributed by atoms with Gasteiger partial charge < -0.3 is 25.0 Å². The zero-order chi connectivity index (χ0) is 23.9. The Morgan fingerprint density at radius 2 is 1.71 bits per heavy atom. The number of ether oxygens (including phenoxy) is 2. The molecule has 2 aromatic carbocycles. The molecule has 3 N–H and O–H groups in total. The number of carboxylic acids is 1. The lowest BCUT2D eigenvalue weighted by molar-refractivity contribution is -0.115. The number of aliphatic hydroxyl groups is 1. The van der Waals surface area contributed by atoms with Gasteiger partial charge in [-0.05, 0) is 61.2 Å². The number of amides is 1. The van der Waals surface area contributed by atoms with Crippen molar-refractivity contribution in [2.24, 2.45) is 0 Å². The Labute approximate surface area is 197 Å². The first-order chi connectivity index (χ1) is 16.5. The number of aromatic nitrogens is 1. The standard InChI is InChI=1S/C26H26N2O6/c29-22-7-3-4-8-23(22)33-18-10-12-19(13-11-18)34-25-14-9-17(16-27-25)15-24(30)28-21-6-2-1-5-20(21)26(31)32/h1-2,5-6,9-14,16,22-23,29H,3-4,7-8,15H2,(H,28,30)(H,31,32)/t22-,23?/m1/s1. The number of nitrogens with zero attached hydrogens (tertiary/aromatic N) is 1. The fourth-order valence-corrected chi connectivity index (χ4v) is 3.83. The van der Waals surface area contributed by atoms with Gasteiger partial charge in [-0.25, -0.2) is 9.78 Å². The molecule has 0 radical (unpaired) electrons. The molecule has 0 bridgehead atoms. The smallest absolute Gasteiger partial charge is 0.337 e. The van der Waals surface area contributed by atoms with Crippen molar-refractivity contribution in [3.8, 4) is 17.4 Å². The zero-order valence-corrected chi connectivity index (χ0v) is 18.5. The van der Waals surface area contributed by atoms with Gasteiger partial charge in [0.2, 0.25) is 11.8 Å². The van der Waals surface area contributed by atoms with Gasteiger partial charge >= 0.3 is 5.97 Å². The first-order valence-electron chi connectivity index (χ1n) is 11.2. The van der Waals surface area contributed by atoms with E-state index in [2.05, 4.69) is 10.3 Å². The number of hydrogen-bond acceptors (Lipinski definition) is 6.